The average molecular weight is 252 g/mol. The van der Waals surface area contributed by atoms with Crippen LogP contribution in [-0.2, 0) is 0 Å². The van der Waals surface area contributed by atoms with Crippen LogP contribution in [0.1, 0.15) is 37.1 Å². The molecule has 0 N–H and O–H groups in total. The fourth-order valence-corrected chi connectivity index (χ4v) is 2.24. The normalized spacial score (nSPS) is 12.9. The van der Waals surface area contributed by atoms with Gasteiger partial charge in [0.2, 0.25) is 0 Å². The van der Waals surface area contributed by atoms with Gasteiger partial charge in [-0.15, -0.1) is 11.6 Å². The first-order valence-corrected chi connectivity index (χ1v) is 5.93. The molecule has 0 radical (unpaired) electrons. The van der Waals surface area contributed by atoms with Crippen molar-refractivity contribution in [2.24, 2.45) is 0 Å². The lowest BCUT2D eigenvalue weighted by atomic mass is 10.1. The second-order valence-corrected chi connectivity index (χ2v) is 4.65. The van der Waals surface area contributed by atoms with Crippen molar-refractivity contribution >= 4 is 34.8 Å². The van der Waals surface area contributed by atoms with Crippen LogP contribution in [0.5, 0.6) is 0 Å². The molecule has 0 aliphatic heterocycles. The maximum atomic E-state index is 6.22. The standard InChI is InChI=1S/C11H13Cl3/c1-2-3-4-10(13)9-6-5-8(12)7-11(9)14/h5-7,10H,2-4H2,1H3. The van der Waals surface area contributed by atoms with Crippen molar-refractivity contribution in [2.75, 3.05) is 0 Å². The number of unbranched alkanes of at least 4 members (excludes halogenated alkanes) is 1. The number of rotatable bonds is 4. The van der Waals surface area contributed by atoms with Gasteiger partial charge in [0.05, 0.1) is 5.38 Å². The molecule has 14 heavy (non-hydrogen) atoms. The van der Waals surface area contributed by atoms with Gasteiger partial charge in [0.15, 0.2) is 0 Å². The van der Waals surface area contributed by atoms with E-state index in [9.17, 15) is 0 Å². The summed E-state index contributed by atoms with van der Waals surface area (Å²) in [7, 11) is 0. The first-order valence-electron chi connectivity index (χ1n) is 4.74. The van der Waals surface area contributed by atoms with E-state index in [4.69, 9.17) is 34.8 Å². The lowest BCUT2D eigenvalue weighted by Crippen LogP contribution is -1.91. The smallest absolute Gasteiger partial charge is 0.0599 e. The Hall–Kier alpha value is 0.0900. The van der Waals surface area contributed by atoms with Gasteiger partial charge in [-0.25, -0.2) is 0 Å². The van der Waals surface area contributed by atoms with Crippen molar-refractivity contribution in [1.82, 2.24) is 0 Å². The molecule has 0 fully saturated rings. The van der Waals surface area contributed by atoms with E-state index in [-0.39, 0.29) is 5.38 Å². The monoisotopic (exact) mass is 250 g/mol. The highest BCUT2D eigenvalue weighted by atomic mass is 35.5. The summed E-state index contributed by atoms with van der Waals surface area (Å²) in [6.45, 7) is 2.15. The Kier molecular flexibility index (Phi) is 5.08. The largest absolute Gasteiger partial charge is 0.118 e. The SMILES string of the molecule is CCCCC(Cl)c1ccc(Cl)cc1Cl. The van der Waals surface area contributed by atoms with E-state index in [2.05, 4.69) is 6.92 Å². The second-order valence-electron chi connectivity index (χ2n) is 3.28. The van der Waals surface area contributed by atoms with Crippen molar-refractivity contribution < 1.29 is 0 Å². The third-order valence-corrected chi connectivity index (χ3v) is 3.13. The number of hydrogen-bond acceptors (Lipinski definition) is 0. The van der Waals surface area contributed by atoms with Crippen LogP contribution in [0.3, 0.4) is 0 Å². The van der Waals surface area contributed by atoms with Gasteiger partial charge in [0.1, 0.15) is 0 Å². The Bertz CT molecular complexity index is 297. The van der Waals surface area contributed by atoms with Gasteiger partial charge in [0.25, 0.3) is 0 Å². The van der Waals surface area contributed by atoms with Crippen molar-refractivity contribution in [3.63, 3.8) is 0 Å². The summed E-state index contributed by atoms with van der Waals surface area (Å²) < 4.78 is 0. The van der Waals surface area contributed by atoms with Crippen molar-refractivity contribution in [3.8, 4) is 0 Å². The molecule has 1 unspecified atom stereocenters. The highest BCUT2D eigenvalue weighted by Gasteiger charge is 2.11. The minimum absolute atomic E-state index is 0.000262. The van der Waals surface area contributed by atoms with Gasteiger partial charge in [-0.1, -0.05) is 49.0 Å². The predicted octanol–water partition coefficient (Wildman–Crippen LogP) is 5.46. The van der Waals surface area contributed by atoms with E-state index in [1.807, 2.05) is 12.1 Å². The summed E-state index contributed by atoms with van der Waals surface area (Å²) >= 11 is 18.0. The van der Waals surface area contributed by atoms with Crippen molar-refractivity contribution in [2.45, 2.75) is 31.6 Å². The molecule has 78 valence electrons. The first kappa shape index (κ1) is 12.2. The van der Waals surface area contributed by atoms with E-state index in [1.165, 1.54) is 0 Å². The molecule has 0 amide bonds. The molecule has 1 atom stereocenters. The van der Waals surface area contributed by atoms with Crippen LogP contribution >= 0.6 is 34.8 Å². The molecule has 0 nitrogen and oxygen atoms in total. The molecule has 3 heteroatoms. The lowest BCUT2D eigenvalue weighted by Gasteiger charge is -2.11. The summed E-state index contributed by atoms with van der Waals surface area (Å²) in [6.07, 6.45) is 3.22. The topological polar surface area (TPSA) is 0 Å². The molecule has 1 rings (SSSR count). The maximum absolute atomic E-state index is 6.22. The summed E-state index contributed by atoms with van der Waals surface area (Å²) in [4.78, 5) is 0. The van der Waals surface area contributed by atoms with Crippen LogP contribution < -0.4 is 0 Å². The fraction of sp³-hybridized carbons (Fsp3) is 0.455. The Morgan fingerprint density at radius 3 is 2.57 bits per heavy atom. The van der Waals surface area contributed by atoms with E-state index in [0.29, 0.717) is 10.0 Å². The summed E-state index contributed by atoms with van der Waals surface area (Å²) in [5.74, 6) is 0. The molecule has 0 heterocycles. The zero-order valence-corrected chi connectivity index (χ0v) is 10.3. The first-order chi connectivity index (χ1) is 6.65. The van der Waals surface area contributed by atoms with Crippen LogP contribution in [0, 0.1) is 0 Å². The van der Waals surface area contributed by atoms with Crippen LogP contribution in [0.15, 0.2) is 18.2 Å². The summed E-state index contributed by atoms with van der Waals surface area (Å²) in [5, 5.41) is 1.31. The van der Waals surface area contributed by atoms with E-state index < -0.39 is 0 Å². The molecular formula is C11H13Cl3. The molecule has 0 aliphatic rings. The summed E-state index contributed by atoms with van der Waals surface area (Å²) in [5.41, 5.74) is 0.978. The highest BCUT2D eigenvalue weighted by Crippen LogP contribution is 2.33. The summed E-state index contributed by atoms with van der Waals surface area (Å²) in [6, 6.07) is 5.46. The van der Waals surface area contributed by atoms with Crippen LogP contribution in [0.4, 0.5) is 0 Å². The van der Waals surface area contributed by atoms with Gasteiger partial charge in [-0.05, 0) is 24.1 Å². The Morgan fingerprint density at radius 1 is 1.29 bits per heavy atom. The number of alkyl halides is 1. The minimum atomic E-state index is -0.000262. The molecule has 0 spiro atoms. The Balaban J connectivity index is 2.74. The number of halogens is 3. The van der Waals surface area contributed by atoms with Crippen molar-refractivity contribution in [3.05, 3.63) is 33.8 Å². The molecule has 1 aromatic rings. The third-order valence-electron chi connectivity index (χ3n) is 2.11. The van der Waals surface area contributed by atoms with E-state index in [0.717, 1.165) is 24.8 Å². The number of hydrogen-bond donors (Lipinski definition) is 0. The molecule has 0 saturated heterocycles. The van der Waals surface area contributed by atoms with Gasteiger partial charge in [-0.3, -0.25) is 0 Å². The number of benzene rings is 1. The quantitative estimate of drug-likeness (QED) is 0.623. The Labute approximate surface area is 100 Å². The van der Waals surface area contributed by atoms with Gasteiger partial charge >= 0.3 is 0 Å². The maximum Gasteiger partial charge on any atom is 0.0599 e. The van der Waals surface area contributed by atoms with E-state index >= 15 is 0 Å². The Morgan fingerprint density at radius 2 is 2.00 bits per heavy atom. The molecule has 0 aromatic heterocycles. The zero-order chi connectivity index (χ0) is 10.6. The van der Waals surface area contributed by atoms with Crippen molar-refractivity contribution in [1.29, 1.82) is 0 Å². The van der Waals surface area contributed by atoms with Gasteiger partial charge < -0.3 is 0 Å². The van der Waals surface area contributed by atoms with Crippen LogP contribution in [0.25, 0.3) is 0 Å². The van der Waals surface area contributed by atoms with E-state index in [1.54, 1.807) is 6.07 Å². The minimum Gasteiger partial charge on any atom is -0.118 e. The molecular weight excluding hydrogens is 238 g/mol. The third kappa shape index (κ3) is 3.34. The molecule has 0 bridgehead atoms. The molecule has 1 aromatic carbocycles. The van der Waals surface area contributed by atoms with Gasteiger partial charge in [-0.2, -0.15) is 0 Å². The van der Waals surface area contributed by atoms with Gasteiger partial charge in [0, 0.05) is 10.0 Å². The highest BCUT2D eigenvalue weighted by molar-refractivity contribution is 6.35. The fourth-order valence-electron chi connectivity index (χ4n) is 1.29. The lowest BCUT2D eigenvalue weighted by molar-refractivity contribution is 0.701. The molecule has 0 saturated carbocycles. The zero-order valence-electron chi connectivity index (χ0n) is 8.06. The van der Waals surface area contributed by atoms with Crippen LogP contribution in [0.2, 0.25) is 10.0 Å². The predicted molar refractivity (Wildman–Crippen MR) is 64.6 cm³/mol. The average Bonchev–Trinajstić information content (AvgIpc) is 2.14. The molecule has 0 aliphatic carbocycles. The second kappa shape index (κ2) is 5.85. The van der Waals surface area contributed by atoms with Crippen LogP contribution in [-0.4, -0.2) is 0 Å².